The molecule has 4 nitrogen and oxygen atoms in total. The molecule has 1 aliphatic heterocycles. The van der Waals surface area contributed by atoms with Crippen molar-refractivity contribution >= 4 is 6.09 Å². The van der Waals surface area contributed by atoms with Gasteiger partial charge in [-0.15, -0.1) is 0 Å². The van der Waals surface area contributed by atoms with Crippen LogP contribution in [0.25, 0.3) is 0 Å². The van der Waals surface area contributed by atoms with Gasteiger partial charge in [0.2, 0.25) is 0 Å². The van der Waals surface area contributed by atoms with Crippen LogP contribution in [0.1, 0.15) is 27.2 Å². The lowest BCUT2D eigenvalue weighted by molar-refractivity contribution is 0.0453. The van der Waals surface area contributed by atoms with Crippen LogP contribution in [0.2, 0.25) is 0 Å². The lowest BCUT2D eigenvalue weighted by Crippen LogP contribution is -2.55. The largest absolute Gasteiger partial charge is 0.450 e. The van der Waals surface area contributed by atoms with Crippen LogP contribution in [0.15, 0.2) is 0 Å². The smallest absolute Gasteiger partial charge is 0.411 e. The van der Waals surface area contributed by atoms with Gasteiger partial charge in [-0.2, -0.15) is 0 Å². The van der Waals surface area contributed by atoms with Gasteiger partial charge < -0.3 is 10.5 Å². The zero-order chi connectivity index (χ0) is 10.7. The highest BCUT2D eigenvalue weighted by atomic mass is 16.6. The second-order valence-electron chi connectivity index (χ2n) is 4.16. The Morgan fingerprint density at radius 2 is 2.21 bits per heavy atom. The zero-order valence-corrected chi connectivity index (χ0v) is 9.19. The van der Waals surface area contributed by atoms with Gasteiger partial charge in [-0.25, -0.2) is 4.79 Å². The summed E-state index contributed by atoms with van der Waals surface area (Å²) in [6.45, 7) is 7.14. The number of hydrogen-bond acceptors (Lipinski definition) is 3. The Morgan fingerprint density at radius 3 is 2.79 bits per heavy atom. The molecule has 3 unspecified atom stereocenters. The molecule has 0 radical (unpaired) electrons. The summed E-state index contributed by atoms with van der Waals surface area (Å²) in [6, 6.07) is 0. The first kappa shape index (κ1) is 11.3. The molecule has 1 aliphatic rings. The van der Waals surface area contributed by atoms with Crippen molar-refractivity contribution < 1.29 is 9.53 Å². The molecule has 82 valence electrons. The van der Waals surface area contributed by atoms with Crippen molar-refractivity contribution in [3.63, 3.8) is 0 Å². The maximum absolute atomic E-state index is 11.5. The molecule has 1 amide bonds. The average molecular weight is 200 g/mol. The Kier molecular flexibility index (Phi) is 3.75. The molecule has 0 spiro atoms. The summed E-state index contributed by atoms with van der Waals surface area (Å²) in [5.74, 6) is 0.859. The number of carbonyl (C=O) groups excluding carboxylic acids is 1. The van der Waals surface area contributed by atoms with E-state index < -0.39 is 0 Å². The van der Waals surface area contributed by atoms with Crippen molar-refractivity contribution in [2.45, 2.75) is 33.4 Å². The molecule has 4 heteroatoms. The molecule has 0 bridgehead atoms. The van der Waals surface area contributed by atoms with E-state index in [2.05, 4.69) is 13.8 Å². The maximum atomic E-state index is 11.5. The fourth-order valence-corrected chi connectivity index (χ4v) is 2.02. The molecule has 0 aromatic rings. The number of nitrogens with zero attached hydrogens (tertiary/aromatic N) is 1. The second kappa shape index (κ2) is 4.64. The lowest BCUT2D eigenvalue weighted by Gasteiger charge is -2.39. The lowest BCUT2D eigenvalue weighted by atomic mass is 9.89. The third-order valence-electron chi connectivity index (χ3n) is 2.73. The summed E-state index contributed by atoms with van der Waals surface area (Å²) in [5.41, 5.74) is 5.94. The van der Waals surface area contributed by atoms with Gasteiger partial charge in [0.1, 0.15) is 0 Å². The minimum absolute atomic E-state index is 0.190. The number of rotatable bonds is 1. The van der Waals surface area contributed by atoms with Crippen molar-refractivity contribution in [1.82, 2.24) is 4.90 Å². The van der Waals surface area contributed by atoms with E-state index in [-0.39, 0.29) is 12.3 Å². The second-order valence-corrected chi connectivity index (χ2v) is 4.16. The zero-order valence-electron chi connectivity index (χ0n) is 9.19. The molecule has 0 aromatic carbocycles. The maximum Gasteiger partial charge on any atom is 0.411 e. The third kappa shape index (κ3) is 2.38. The SMILES string of the molecule is CCOC(=O)N1CC(C)CC(C)C1N. The fraction of sp³-hybridized carbons (Fsp3) is 0.900. The number of amides is 1. The van der Waals surface area contributed by atoms with Gasteiger partial charge in [0.05, 0.1) is 12.8 Å². The fourth-order valence-electron chi connectivity index (χ4n) is 2.02. The van der Waals surface area contributed by atoms with E-state index in [4.69, 9.17) is 10.5 Å². The Balaban J connectivity index is 2.61. The number of nitrogens with two attached hydrogens (primary N) is 1. The Labute approximate surface area is 85.4 Å². The van der Waals surface area contributed by atoms with Crippen LogP contribution < -0.4 is 5.73 Å². The van der Waals surface area contributed by atoms with Crippen LogP contribution in [-0.2, 0) is 4.74 Å². The number of piperidine rings is 1. The monoisotopic (exact) mass is 200 g/mol. The van der Waals surface area contributed by atoms with E-state index >= 15 is 0 Å². The number of hydrogen-bond donors (Lipinski definition) is 1. The molecule has 0 saturated carbocycles. The highest BCUT2D eigenvalue weighted by molar-refractivity contribution is 5.68. The number of ether oxygens (including phenoxy) is 1. The van der Waals surface area contributed by atoms with E-state index in [1.54, 1.807) is 11.8 Å². The molecule has 1 fully saturated rings. The van der Waals surface area contributed by atoms with Crippen LogP contribution in [0, 0.1) is 11.8 Å². The predicted octanol–water partition coefficient (Wildman–Crippen LogP) is 1.41. The predicted molar refractivity (Wildman–Crippen MR) is 54.6 cm³/mol. The molecule has 1 rings (SSSR count). The van der Waals surface area contributed by atoms with Crippen LogP contribution in [0.5, 0.6) is 0 Å². The minimum atomic E-state index is -0.279. The molecule has 0 aliphatic carbocycles. The van der Waals surface area contributed by atoms with Gasteiger partial charge in [-0.1, -0.05) is 13.8 Å². The summed E-state index contributed by atoms with van der Waals surface area (Å²) >= 11 is 0. The Bertz CT molecular complexity index is 208. The highest BCUT2D eigenvalue weighted by Crippen LogP contribution is 2.24. The van der Waals surface area contributed by atoms with Crippen molar-refractivity contribution in [3.8, 4) is 0 Å². The molecule has 3 atom stereocenters. The summed E-state index contributed by atoms with van der Waals surface area (Å²) in [6.07, 6.45) is 0.612. The summed E-state index contributed by atoms with van der Waals surface area (Å²) in [4.78, 5) is 13.2. The van der Waals surface area contributed by atoms with E-state index in [1.807, 2.05) is 0 Å². The number of likely N-dealkylation sites (tertiary alicyclic amines) is 1. The van der Waals surface area contributed by atoms with Gasteiger partial charge in [0.15, 0.2) is 0 Å². The molecule has 1 heterocycles. The van der Waals surface area contributed by atoms with E-state index in [0.29, 0.717) is 25.0 Å². The quantitative estimate of drug-likeness (QED) is 0.696. The first-order valence-corrected chi connectivity index (χ1v) is 5.25. The normalized spacial score (nSPS) is 32.9. The molecule has 0 aromatic heterocycles. The van der Waals surface area contributed by atoms with Crippen molar-refractivity contribution in [2.75, 3.05) is 13.2 Å². The average Bonchev–Trinajstić information content (AvgIpc) is 2.11. The first-order chi connectivity index (χ1) is 6.56. The van der Waals surface area contributed by atoms with Crippen LogP contribution in [-0.4, -0.2) is 30.3 Å². The minimum Gasteiger partial charge on any atom is -0.450 e. The standard InChI is InChI=1S/C10H20N2O2/c1-4-14-10(13)12-6-7(2)5-8(3)9(12)11/h7-9H,4-6,11H2,1-3H3. The molecular formula is C10H20N2O2. The van der Waals surface area contributed by atoms with Crippen LogP contribution in [0.3, 0.4) is 0 Å². The topological polar surface area (TPSA) is 55.6 Å². The summed E-state index contributed by atoms with van der Waals surface area (Å²) in [7, 11) is 0. The Hall–Kier alpha value is -0.770. The molecule has 1 saturated heterocycles. The molecular weight excluding hydrogens is 180 g/mol. The Morgan fingerprint density at radius 1 is 1.57 bits per heavy atom. The summed E-state index contributed by atoms with van der Waals surface area (Å²) in [5, 5.41) is 0. The summed E-state index contributed by atoms with van der Waals surface area (Å²) < 4.78 is 4.96. The van der Waals surface area contributed by atoms with E-state index in [0.717, 1.165) is 6.42 Å². The first-order valence-electron chi connectivity index (χ1n) is 5.25. The van der Waals surface area contributed by atoms with Crippen molar-refractivity contribution in [2.24, 2.45) is 17.6 Å². The van der Waals surface area contributed by atoms with Crippen LogP contribution in [0.4, 0.5) is 4.79 Å². The van der Waals surface area contributed by atoms with Crippen molar-refractivity contribution in [1.29, 1.82) is 0 Å². The molecule has 2 N–H and O–H groups in total. The van der Waals surface area contributed by atoms with E-state index in [1.165, 1.54) is 0 Å². The number of carbonyl (C=O) groups is 1. The third-order valence-corrected chi connectivity index (χ3v) is 2.73. The van der Waals surface area contributed by atoms with Gasteiger partial charge in [0.25, 0.3) is 0 Å². The van der Waals surface area contributed by atoms with Crippen molar-refractivity contribution in [3.05, 3.63) is 0 Å². The highest BCUT2D eigenvalue weighted by Gasteiger charge is 2.33. The van der Waals surface area contributed by atoms with Crippen LogP contribution >= 0.6 is 0 Å². The van der Waals surface area contributed by atoms with Gasteiger partial charge in [-0.3, -0.25) is 4.90 Å². The van der Waals surface area contributed by atoms with Gasteiger partial charge in [0, 0.05) is 6.54 Å². The molecule has 14 heavy (non-hydrogen) atoms. The van der Waals surface area contributed by atoms with Gasteiger partial charge in [-0.05, 0) is 25.2 Å². The van der Waals surface area contributed by atoms with Gasteiger partial charge >= 0.3 is 6.09 Å². The van der Waals surface area contributed by atoms with E-state index in [9.17, 15) is 4.79 Å².